The van der Waals surface area contributed by atoms with Gasteiger partial charge in [-0.3, -0.25) is 0 Å². The maximum atomic E-state index is 10.9. The Morgan fingerprint density at radius 2 is 2.21 bits per heavy atom. The fourth-order valence-corrected chi connectivity index (χ4v) is 0.824. The van der Waals surface area contributed by atoms with Gasteiger partial charge in [-0.05, 0) is 13.8 Å². The molecule has 1 aromatic heterocycles. The highest BCUT2D eigenvalue weighted by Crippen LogP contribution is 2.18. The summed E-state index contributed by atoms with van der Waals surface area (Å²) in [5.41, 5.74) is -1.03. The average Bonchev–Trinajstić information content (AvgIpc) is 2.17. The molecule has 0 aromatic carbocycles. The lowest BCUT2D eigenvalue weighted by molar-refractivity contribution is -0.142. The first-order chi connectivity index (χ1) is 6.46. The van der Waals surface area contributed by atoms with Crippen LogP contribution in [0.25, 0.3) is 0 Å². The van der Waals surface area contributed by atoms with Crippen LogP contribution in [0.5, 0.6) is 0 Å². The zero-order valence-electron chi connectivity index (χ0n) is 8.30. The van der Waals surface area contributed by atoms with Gasteiger partial charge in [0.25, 0.3) is 0 Å². The first kappa shape index (κ1) is 10.4. The Hall–Kier alpha value is -1.72. The van der Waals surface area contributed by atoms with E-state index in [1.807, 2.05) is 0 Å². The molecule has 0 atom stereocenters. The van der Waals surface area contributed by atoms with Gasteiger partial charge in [0.2, 0.25) is 0 Å². The molecule has 6 heteroatoms. The number of nitrogens with zero attached hydrogens (tertiary/aromatic N) is 4. The highest BCUT2D eigenvalue weighted by atomic mass is 16.4. The topological polar surface area (TPSA) is 79.2 Å². The van der Waals surface area contributed by atoms with Crippen LogP contribution in [-0.2, 0) is 4.79 Å². The lowest BCUT2D eigenvalue weighted by atomic mass is 10.0. The molecule has 1 N–H and O–H groups in total. The number of carboxylic acids is 1. The first-order valence-corrected chi connectivity index (χ1v) is 4.06. The molecule has 14 heavy (non-hydrogen) atoms. The van der Waals surface area contributed by atoms with Gasteiger partial charge in [0.1, 0.15) is 11.9 Å². The van der Waals surface area contributed by atoms with E-state index in [1.165, 1.54) is 17.4 Å². The molecule has 0 bridgehead atoms. The molecule has 0 saturated carbocycles. The van der Waals surface area contributed by atoms with E-state index in [9.17, 15) is 4.79 Å². The fourth-order valence-electron chi connectivity index (χ4n) is 0.824. The van der Waals surface area contributed by atoms with Crippen LogP contribution in [0.1, 0.15) is 13.8 Å². The molecule has 6 nitrogen and oxygen atoms in total. The summed E-state index contributed by atoms with van der Waals surface area (Å²) in [7, 11) is 1.64. The number of rotatable bonds is 3. The number of hydrogen-bond acceptors (Lipinski definition) is 5. The van der Waals surface area contributed by atoms with Crippen LogP contribution in [0.4, 0.5) is 5.82 Å². The van der Waals surface area contributed by atoms with Crippen molar-refractivity contribution in [1.82, 2.24) is 15.2 Å². The number of carbonyl (C=O) groups is 1. The molecular formula is C8H12N4O2. The number of anilines is 1. The molecule has 1 heterocycles. The minimum Gasteiger partial charge on any atom is -0.480 e. The fraction of sp³-hybridized carbons (Fsp3) is 0.500. The molecule has 0 saturated heterocycles. The zero-order chi connectivity index (χ0) is 10.8. The van der Waals surface area contributed by atoms with E-state index in [-0.39, 0.29) is 0 Å². The molecular weight excluding hydrogens is 184 g/mol. The predicted octanol–water partition coefficient (Wildman–Crippen LogP) is 0.171. The minimum absolute atomic E-state index is 0.430. The maximum Gasteiger partial charge on any atom is 0.328 e. The summed E-state index contributed by atoms with van der Waals surface area (Å²) in [6, 6.07) is 0. The zero-order valence-corrected chi connectivity index (χ0v) is 8.30. The van der Waals surface area contributed by atoms with Crippen LogP contribution >= 0.6 is 0 Å². The van der Waals surface area contributed by atoms with Crippen LogP contribution in [0.15, 0.2) is 12.5 Å². The van der Waals surface area contributed by atoms with E-state index in [2.05, 4.69) is 15.2 Å². The van der Waals surface area contributed by atoms with E-state index in [4.69, 9.17) is 5.11 Å². The lowest BCUT2D eigenvalue weighted by Gasteiger charge is -2.31. The summed E-state index contributed by atoms with van der Waals surface area (Å²) in [4.78, 5) is 16.2. The molecule has 0 fully saturated rings. The number of aliphatic carboxylic acids is 1. The van der Waals surface area contributed by atoms with Gasteiger partial charge in [-0.2, -0.15) is 0 Å². The van der Waals surface area contributed by atoms with Crippen molar-refractivity contribution in [3.63, 3.8) is 0 Å². The first-order valence-electron chi connectivity index (χ1n) is 4.06. The summed E-state index contributed by atoms with van der Waals surface area (Å²) in [5.74, 6) is -0.495. The third kappa shape index (κ3) is 1.78. The Bertz CT molecular complexity index is 325. The van der Waals surface area contributed by atoms with Gasteiger partial charge in [0.05, 0.1) is 6.20 Å². The highest BCUT2D eigenvalue weighted by molar-refractivity contribution is 5.81. The van der Waals surface area contributed by atoms with Crippen LogP contribution in [0.3, 0.4) is 0 Å². The molecule has 0 amide bonds. The average molecular weight is 196 g/mol. The van der Waals surface area contributed by atoms with Gasteiger partial charge in [-0.1, -0.05) is 0 Å². The number of hydrogen-bond donors (Lipinski definition) is 1. The van der Waals surface area contributed by atoms with Crippen LogP contribution in [0, 0.1) is 0 Å². The molecule has 0 aliphatic heterocycles. The van der Waals surface area contributed by atoms with Crippen molar-refractivity contribution in [3.8, 4) is 0 Å². The predicted molar refractivity (Wildman–Crippen MR) is 49.9 cm³/mol. The van der Waals surface area contributed by atoms with Crippen molar-refractivity contribution in [1.29, 1.82) is 0 Å². The van der Waals surface area contributed by atoms with Gasteiger partial charge in [-0.15, -0.1) is 10.2 Å². The largest absolute Gasteiger partial charge is 0.480 e. The van der Waals surface area contributed by atoms with Gasteiger partial charge in [-0.25, -0.2) is 9.78 Å². The Balaban J connectivity index is 2.96. The van der Waals surface area contributed by atoms with Crippen LogP contribution in [0.2, 0.25) is 0 Å². The molecule has 0 spiro atoms. The summed E-state index contributed by atoms with van der Waals surface area (Å²) < 4.78 is 0. The lowest BCUT2D eigenvalue weighted by Crippen LogP contribution is -2.48. The Morgan fingerprint density at radius 3 is 2.64 bits per heavy atom. The monoisotopic (exact) mass is 196 g/mol. The number of carboxylic acid groups (broad SMARTS) is 1. The molecule has 0 aliphatic carbocycles. The highest BCUT2D eigenvalue weighted by Gasteiger charge is 2.33. The Kier molecular flexibility index (Phi) is 2.64. The Labute approximate surface area is 81.6 Å². The second-order valence-electron chi connectivity index (χ2n) is 3.39. The standard InChI is InChI=1S/C8H12N4O2/c1-8(2,7(13)14)12(3)6-4-9-5-10-11-6/h4-5H,1-3H3,(H,13,14). The van der Waals surface area contributed by atoms with Gasteiger partial charge in [0, 0.05) is 7.05 Å². The van der Waals surface area contributed by atoms with Gasteiger partial charge >= 0.3 is 5.97 Å². The summed E-state index contributed by atoms with van der Waals surface area (Å²) in [6.07, 6.45) is 2.77. The van der Waals surface area contributed by atoms with Crippen molar-refractivity contribution in [2.24, 2.45) is 0 Å². The van der Waals surface area contributed by atoms with E-state index in [0.29, 0.717) is 5.82 Å². The molecule has 1 rings (SSSR count). The van der Waals surface area contributed by atoms with Crippen molar-refractivity contribution >= 4 is 11.8 Å². The SMILES string of the molecule is CN(c1cncnn1)C(C)(C)C(=O)O. The third-order valence-electron chi connectivity index (χ3n) is 2.17. The number of likely N-dealkylation sites (N-methyl/N-ethyl adjacent to an activating group) is 1. The molecule has 1 aromatic rings. The normalized spacial score (nSPS) is 11.1. The van der Waals surface area contributed by atoms with Crippen molar-refractivity contribution in [2.75, 3.05) is 11.9 Å². The summed E-state index contributed by atoms with van der Waals surface area (Å²) >= 11 is 0. The Morgan fingerprint density at radius 1 is 1.57 bits per heavy atom. The quantitative estimate of drug-likeness (QED) is 0.742. The minimum atomic E-state index is -1.03. The second kappa shape index (κ2) is 3.57. The smallest absolute Gasteiger partial charge is 0.328 e. The van der Waals surface area contributed by atoms with Gasteiger partial charge < -0.3 is 10.0 Å². The van der Waals surface area contributed by atoms with E-state index in [0.717, 1.165) is 0 Å². The molecule has 0 unspecified atom stereocenters. The van der Waals surface area contributed by atoms with E-state index >= 15 is 0 Å². The number of aromatic nitrogens is 3. The van der Waals surface area contributed by atoms with Crippen molar-refractivity contribution in [2.45, 2.75) is 19.4 Å². The molecule has 76 valence electrons. The molecule has 0 radical (unpaired) electrons. The maximum absolute atomic E-state index is 10.9. The summed E-state index contributed by atoms with van der Waals surface area (Å²) in [5, 5.41) is 16.3. The molecule has 0 aliphatic rings. The van der Waals surface area contributed by atoms with Gasteiger partial charge in [0.15, 0.2) is 5.82 Å². The van der Waals surface area contributed by atoms with Crippen molar-refractivity contribution in [3.05, 3.63) is 12.5 Å². The van der Waals surface area contributed by atoms with Crippen LogP contribution < -0.4 is 4.90 Å². The van der Waals surface area contributed by atoms with Crippen LogP contribution in [-0.4, -0.2) is 38.8 Å². The van der Waals surface area contributed by atoms with E-state index < -0.39 is 11.5 Å². The third-order valence-corrected chi connectivity index (χ3v) is 2.17. The second-order valence-corrected chi connectivity index (χ2v) is 3.39. The summed E-state index contributed by atoms with van der Waals surface area (Å²) in [6.45, 7) is 3.17. The van der Waals surface area contributed by atoms with Crippen molar-refractivity contribution < 1.29 is 9.90 Å². The van der Waals surface area contributed by atoms with E-state index in [1.54, 1.807) is 20.9 Å².